The second-order valence-electron chi connectivity index (χ2n) is 6.59. The van der Waals surface area contributed by atoms with Crippen LogP contribution in [0.25, 0.3) is 6.08 Å². The minimum absolute atomic E-state index is 0.127. The topological polar surface area (TPSA) is 73.9 Å². The SMILES string of the molecule is C#CCOc1cccc(/C=C/C(=O)c2cc(OCC)c(OC)cc2CCNC(C)=O)c1. The van der Waals surface area contributed by atoms with Gasteiger partial charge < -0.3 is 19.5 Å². The molecule has 0 atom stereocenters. The van der Waals surface area contributed by atoms with E-state index < -0.39 is 0 Å². The van der Waals surface area contributed by atoms with Crippen LogP contribution in [0.2, 0.25) is 0 Å². The van der Waals surface area contributed by atoms with Crippen LogP contribution in [-0.4, -0.2) is 38.6 Å². The number of methoxy groups -OCH3 is 1. The minimum Gasteiger partial charge on any atom is -0.493 e. The summed E-state index contributed by atoms with van der Waals surface area (Å²) in [6.07, 6.45) is 8.92. The molecule has 6 heteroatoms. The lowest BCUT2D eigenvalue weighted by Gasteiger charge is -2.15. The first kappa shape index (κ1) is 23.6. The number of carbonyl (C=O) groups excluding carboxylic acids is 2. The number of allylic oxidation sites excluding steroid dienone is 1. The standard InChI is InChI=1S/C25H27NO5/c1-5-14-31-21-9-7-8-19(15-21)10-11-23(28)22-17-25(30-6-2)24(29-4)16-20(22)12-13-26-18(3)27/h1,7-11,15-17H,6,12-14H2,2-4H3,(H,26,27)/b11-10+. The third-order valence-corrected chi connectivity index (χ3v) is 4.33. The number of ketones is 1. The molecule has 0 unspecified atom stereocenters. The molecule has 0 aliphatic rings. The van der Waals surface area contributed by atoms with Gasteiger partial charge in [0.1, 0.15) is 12.4 Å². The van der Waals surface area contributed by atoms with Gasteiger partial charge in [0.2, 0.25) is 5.91 Å². The van der Waals surface area contributed by atoms with Crippen molar-refractivity contribution in [1.29, 1.82) is 0 Å². The van der Waals surface area contributed by atoms with Crippen LogP contribution >= 0.6 is 0 Å². The molecule has 31 heavy (non-hydrogen) atoms. The van der Waals surface area contributed by atoms with Gasteiger partial charge in [-0.1, -0.05) is 24.1 Å². The van der Waals surface area contributed by atoms with Crippen LogP contribution < -0.4 is 19.5 Å². The van der Waals surface area contributed by atoms with Crippen LogP contribution in [0, 0.1) is 12.3 Å². The zero-order chi connectivity index (χ0) is 22.6. The number of ether oxygens (including phenoxy) is 3. The fourth-order valence-electron chi connectivity index (χ4n) is 2.93. The van der Waals surface area contributed by atoms with Gasteiger partial charge in [-0.05, 0) is 54.8 Å². The number of hydrogen-bond donors (Lipinski definition) is 1. The van der Waals surface area contributed by atoms with Crippen molar-refractivity contribution in [3.8, 4) is 29.6 Å². The van der Waals surface area contributed by atoms with Crippen molar-refractivity contribution in [2.75, 3.05) is 26.9 Å². The Balaban J connectivity index is 2.31. The highest BCUT2D eigenvalue weighted by Crippen LogP contribution is 2.32. The van der Waals surface area contributed by atoms with Gasteiger partial charge in [0.25, 0.3) is 0 Å². The molecule has 0 spiro atoms. The Kier molecular flexibility index (Phi) is 9.18. The second-order valence-corrected chi connectivity index (χ2v) is 6.59. The summed E-state index contributed by atoms with van der Waals surface area (Å²) in [6, 6.07) is 10.8. The summed E-state index contributed by atoms with van der Waals surface area (Å²) in [7, 11) is 1.55. The Labute approximate surface area is 183 Å². The maximum Gasteiger partial charge on any atom is 0.216 e. The summed E-state index contributed by atoms with van der Waals surface area (Å²) in [5.74, 6) is 3.77. The van der Waals surface area contributed by atoms with Crippen molar-refractivity contribution in [3.05, 3.63) is 59.2 Å². The molecule has 2 aromatic rings. The summed E-state index contributed by atoms with van der Waals surface area (Å²) in [5.41, 5.74) is 2.06. The van der Waals surface area contributed by atoms with E-state index >= 15 is 0 Å². The third-order valence-electron chi connectivity index (χ3n) is 4.33. The van der Waals surface area contributed by atoms with Crippen molar-refractivity contribution in [2.24, 2.45) is 0 Å². The molecule has 0 saturated heterocycles. The lowest BCUT2D eigenvalue weighted by molar-refractivity contribution is -0.118. The molecule has 0 saturated carbocycles. The highest BCUT2D eigenvalue weighted by Gasteiger charge is 2.16. The zero-order valence-corrected chi connectivity index (χ0v) is 18.1. The van der Waals surface area contributed by atoms with E-state index in [0.717, 1.165) is 11.1 Å². The normalized spacial score (nSPS) is 10.4. The Morgan fingerprint density at radius 2 is 1.97 bits per heavy atom. The van der Waals surface area contributed by atoms with Gasteiger partial charge in [0.15, 0.2) is 17.3 Å². The van der Waals surface area contributed by atoms with Crippen LogP contribution in [0.1, 0.15) is 35.3 Å². The Morgan fingerprint density at radius 3 is 2.65 bits per heavy atom. The van der Waals surface area contributed by atoms with E-state index in [-0.39, 0.29) is 18.3 Å². The predicted octanol–water partition coefficient (Wildman–Crippen LogP) is 3.68. The smallest absolute Gasteiger partial charge is 0.216 e. The van der Waals surface area contributed by atoms with E-state index in [0.29, 0.717) is 42.4 Å². The fourth-order valence-corrected chi connectivity index (χ4v) is 2.93. The average Bonchev–Trinajstić information content (AvgIpc) is 2.76. The molecule has 0 fully saturated rings. The molecule has 1 amide bonds. The highest BCUT2D eigenvalue weighted by molar-refractivity contribution is 6.08. The molecule has 0 aromatic heterocycles. The van der Waals surface area contributed by atoms with Crippen molar-refractivity contribution < 1.29 is 23.8 Å². The molecule has 6 nitrogen and oxygen atoms in total. The molecule has 2 aromatic carbocycles. The highest BCUT2D eigenvalue weighted by atomic mass is 16.5. The zero-order valence-electron chi connectivity index (χ0n) is 18.1. The Bertz CT molecular complexity index is 988. The van der Waals surface area contributed by atoms with E-state index in [4.69, 9.17) is 20.6 Å². The predicted molar refractivity (Wildman–Crippen MR) is 121 cm³/mol. The quantitative estimate of drug-likeness (QED) is 0.340. The van der Waals surface area contributed by atoms with Crippen LogP contribution in [-0.2, 0) is 11.2 Å². The van der Waals surface area contributed by atoms with Gasteiger partial charge in [-0.25, -0.2) is 0 Å². The molecule has 1 N–H and O–H groups in total. The molecule has 0 bridgehead atoms. The van der Waals surface area contributed by atoms with Gasteiger partial charge in [0, 0.05) is 19.0 Å². The third kappa shape index (κ3) is 7.23. The Morgan fingerprint density at radius 1 is 1.16 bits per heavy atom. The number of terminal acetylenes is 1. The van der Waals surface area contributed by atoms with Crippen LogP contribution in [0.3, 0.4) is 0 Å². The number of hydrogen-bond acceptors (Lipinski definition) is 5. The number of carbonyl (C=O) groups is 2. The van der Waals surface area contributed by atoms with Gasteiger partial charge in [-0.2, -0.15) is 0 Å². The van der Waals surface area contributed by atoms with Crippen LogP contribution in [0.4, 0.5) is 0 Å². The van der Waals surface area contributed by atoms with Crippen LogP contribution in [0.15, 0.2) is 42.5 Å². The van der Waals surface area contributed by atoms with E-state index in [1.807, 2.05) is 19.1 Å². The molecular formula is C25H27NO5. The number of amides is 1. The van der Waals surface area contributed by atoms with Gasteiger partial charge in [0.05, 0.1) is 13.7 Å². The van der Waals surface area contributed by atoms with Crippen molar-refractivity contribution in [2.45, 2.75) is 20.3 Å². The number of benzene rings is 2. The Hall–Kier alpha value is -3.72. The van der Waals surface area contributed by atoms with Gasteiger partial charge in [-0.3, -0.25) is 9.59 Å². The molecule has 0 aliphatic heterocycles. The maximum atomic E-state index is 13.0. The summed E-state index contributed by atoms with van der Waals surface area (Å²) in [5, 5.41) is 2.75. The first-order chi connectivity index (χ1) is 15.0. The molecule has 162 valence electrons. The minimum atomic E-state index is -0.184. The first-order valence-corrected chi connectivity index (χ1v) is 9.95. The van der Waals surface area contributed by atoms with E-state index in [1.165, 1.54) is 13.0 Å². The molecule has 0 radical (unpaired) electrons. The van der Waals surface area contributed by atoms with Gasteiger partial charge >= 0.3 is 0 Å². The number of rotatable bonds is 11. The van der Waals surface area contributed by atoms with Crippen molar-refractivity contribution >= 4 is 17.8 Å². The van der Waals surface area contributed by atoms with E-state index in [1.54, 1.807) is 37.5 Å². The molecular weight excluding hydrogens is 394 g/mol. The number of nitrogens with one attached hydrogen (secondary N) is 1. The van der Waals surface area contributed by atoms with Crippen molar-refractivity contribution in [3.63, 3.8) is 0 Å². The maximum absolute atomic E-state index is 13.0. The van der Waals surface area contributed by atoms with E-state index in [9.17, 15) is 9.59 Å². The summed E-state index contributed by atoms with van der Waals surface area (Å²) in [4.78, 5) is 24.2. The van der Waals surface area contributed by atoms with Crippen molar-refractivity contribution in [1.82, 2.24) is 5.32 Å². The van der Waals surface area contributed by atoms with Crippen LogP contribution in [0.5, 0.6) is 17.2 Å². The average molecular weight is 421 g/mol. The molecule has 2 rings (SSSR count). The lowest BCUT2D eigenvalue weighted by Crippen LogP contribution is -2.23. The summed E-state index contributed by atoms with van der Waals surface area (Å²) >= 11 is 0. The first-order valence-electron chi connectivity index (χ1n) is 9.95. The molecule has 0 aliphatic carbocycles. The summed E-state index contributed by atoms with van der Waals surface area (Å²) < 4.78 is 16.5. The fraction of sp³-hybridized carbons (Fsp3) is 0.280. The second kappa shape index (κ2) is 12.1. The molecule has 0 heterocycles. The lowest BCUT2D eigenvalue weighted by atomic mass is 9.99. The van der Waals surface area contributed by atoms with E-state index in [2.05, 4.69) is 11.2 Å². The van der Waals surface area contributed by atoms with Gasteiger partial charge in [-0.15, -0.1) is 6.42 Å². The largest absolute Gasteiger partial charge is 0.493 e. The summed E-state index contributed by atoms with van der Waals surface area (Å²) in [6.45, 7) is 4.34. The monoisotopic (exact) mass is 421 g/mol.